The van der Waals surface area contributed by atoms with Gasteiger partial charge in [0.15, 0.2) is 6.10 Å². The summed E-state index contributed by atoms with van der Waals surface area (Å²) in [5, 5.41) is 17.3. The van der Waals surface area contributed by atoms with Gasteiger partial charge in [-0.1, -0.05) is 6.92 Å². The van der Waals surface area contributed by atoms with Crippen molar-refractivity contribution in [2.75, 3.05) is 0 Å². The van der Waals surface area contributed by atoms with E-state index in [0.717, 1.165) is 6.42 Å². The van der Waals surface area contributed by atoms with Crippen LogP contribution in [-0.2, 0) is 9.53 Å². The van der Waals surface area contributed by atoms with Crippen LogP contribution in [0, 0.1) is 17.2 Å². The van der Waals surface area contributed by atoms with Crippen molar-refractivity contribution in [3.05, 3.63) is 0 Å². The highest BCUT2D eigenvalue weighted by molar-refractivity contribution is 5.70. The first kappa shape index (κ1) is 11.9. The van der Waals surface area contributed by atoms with E-state index in [9.17, 15) is 4.79 Å². The zero-order valence-corrected chi connectivity index (χ0v) is 8.15. The maximum atomic E-state index is 10.5. The molecule has 0 aliphatic rings. The highest BCUT2D eigenvalue weighted by Gasteiger charge is 2.25. The molecule has 0 saturated carbocycles. The highest BCUT2D eigenvalue weighted by Crippen LogP contribution is 2.10. The molecule has 0 amide bonds. The molecule has 3 unspecified atom stereocenters. The molecule has 0 heterocycles. The summed E-state index contributed by atoms with van der Waals surface area (Å²) >= 11 is 0. The molecule has 0 bridgehead atoms. The molecule has 0 aromatic carbocycles. The molecule has 0 saturated heterocycles. The first-order valence-electron chi connectivity index (χ1n) is 4.30. The number of carboxylic acid groups (broad SMARTS) is 1. The normalized spacial score (nSPS) is 17.1. The van der Waals surface area contributed by atoms with Crippen molar-refractivity contribution in [3.63, 3.8) is 0 Å². The number of hydrogen-bond donors (Lipinski definition) is 1. The first-order chi connectivity index (χ1) is 6.02. The van der Waals surface area contributed by atoms with Crippen molar-refractivity contribution < 1.29 is 14.6 Å². The fourth-order valence-electron chi connectivity index (χ4n) is 0.736. The number of carboxylic acids is 1. The summed E-state index contributed by atoms with van der Waals surface area (Å²) in [7, 11) is 0. The number of nitriles is 1. The fraction of sp³-hybridized carbons (Fsp3) is 0.778. The number of hydrogen-bond acceptors (Lipinski definition) is 3. The second kappa shape index (κ2) is 5.55. The maximum absolute atomic E-state index is 10.5. The zero-order valence-electron chi connectivity index (χ0n) is 8.15. The Bertz CT molecular complexity index is 209. The molecular weight excluding hydrogens is 170 g/mol. The fourth-order valence-corrected chi connectivity index (χ4v) is 0.736. The van der Waals surface area contributed by atoms with Crippen LogP contribution >= 0.6 is 0 Å². The van der Waals surface area contributed by atoms with Crippen LogP contribution in [0.25, 0.3) is 0 Å². The predicted octanol–water partition coefficient (Wildman–Crippen LogP) is 1.41. The Morgan fingerprint density at radius 2 is 2.15 bits per heavy atom. The number of carbonyl (C=O) groups is 1. The van der Waals surface area contributed by atoms with Crippen LogP contribution in [0.5, 0.6) is 0 Å². The van der Waals surface area contributed by atoms with Gasteiger partial charge in [0.25, 0.3) is 0 Å². The minimum Gasteiger partial charge on any atom is -0.481 e. The van der Waals surface area contributed by atoms with Crippen LogP contribution in [0.3, 0.4) is 0 Å². The summed E-state index contributed by atoms with van der Waals surface area (Å²) in [5.41, 5.74) is 0. The summed E-state index contributed by atoms with van der Waals surface area (Å²) in [6.07, 6.45) is -0.163. The van der Waals surface area contributed by atoms with Crippen molar-refractivity contribution >= 4 is 5.97 Å². The van der Waals surface area contributed by atoms with Gasteiger partial charge in [0.05, 0.1) is 18.1 Å². The number of rotatable bonds is 5. The summed E-state index contributed by atoms with van der Waals surface area (Å²) in [6, 6.07) is 1.85. The molecule has 0 fully saturated rings. The molecule has 0 aromatic heterocycles. The number of nitrogens with zero attached hydrogens (tertiary/aromatic N) is 1. The summed E-state index contributed by atoms with van der Waals surface area (Å²) in [5.74, 6) is -1.78. The van der Waals surface area contributed by atoms with Crippen LogP contribution in [0.15, 0.2) is 0 Å². The lowest BCUT2D eigenvalue weighted by atomic mass is 10.1. The molecule has 0 aliphatic heterocycles. The van der Waals surface area contributed by atoms with Crippen LogP contribution in [0.4, 0.5) is 0 Å². The lowest BCUT2D eigenvalue weighted by Crippen LogP contribution is -2.29. The third kappa shape index (κ3) is 3.90. The van der Waals surface area contributed by atoms with E-state index in [2.05, 4.69) is 0 Å². The monoisotopic (exact) mass is 185 g/mol. The molecule has 13 heavy (non-hydrogen) atoms. The lowest BCUT2D eigenvalue weighted by molar-refractivity contribution is -0.146. The largest absolute Gasteiger partial charge is 0.481 e. The second-order valence-electron chi connectivity index (χ2n) is 3.03. The third-order valence-electron chi connectivity index (χ3n) is 1.92. The van der Waals surface area contributed by atoms with Crippen LogP contribution in [-0.4, -0.2) is 23.3 Å². The minimum absolute atomic E-state index is 0.0774. The molecule has 74 valence electrons. The van der Waals surface area contributed by atoms with Crippen molar-refractivity contribution in [2.45, 2.75) is 39.4 Å². The van der Waals surface area contributed by atoms with E-state index >= 15 is 0 Å². The SMILES string of the molecule is CCC(C)OC(C#N)C(C)C(=O)O. The minimum atomic E-state index is -1.00. The molecule has 0 rings (SSSR count). The van der Waals surface area contributed by atoms with Gasteiger partial charge in [0.1, 0.15) is 0 Å². The molecule has 3 atom stereocenters. The van der Waals surface area contributed by atoms with E-state index < -0.39 is 18.0 Å². The van der Waals surface area contributed by atoms with Gasteiger partial charge < -0.3 is 9.84 Å². The van der Waals surface area contributed by atoms with Crippen LogP contribution in [0.2, 0.25) is 0 Å². The molecule has 4 nitrogen and oxygen atoms in total. The summed E-state index contributed by atoms with van der Waals surface area (Å²) < 4.78 is 5.23. The molecule has 0 aliphatic carbocycles. The predicted molar refractivity (Wildman–Crippen MR) is 47.0 cm³/mol. The van der Waals surface area contributed by atoms with E-state index in [4.69, 9.17) is 15.1 Å². The number of ether oxygens (including phenoxy) is 1. The summed E-state index contributed by atoms with van der Waals surface area (Å²) in [6.45, 7) is 5.21. The topological polar surface area (TPSA) is 70.3 Å². The summed E-state index contributed by atoms with van der Waals surface area (Å²) in [4.78, 5) is 10.5. The van der Waals surface area contributed by atoms with Crippen LogP contribution in [0.1, 0.15) is 27.2 Å². The molecule has 0 spiro atoms. The Morgan fingerprint density at radius 3 is 2.46 bits per heavy atom. The van der Waals surface area contributed by atoms with Crippen molar-refractivity contribution in [3.8, 4) is 6.07 Å². The Hall–Kier alpha value is -1.08. The van der Waals surface area contributed by atoms with E-state index in [1.165, 1.54) is 6.92 Å². The second-order valence-corrected chi connectivity index (χ2v) is 3.03. The number of aliphatic carboxylic acids is 1. The van der Waals surface area contributed by atoms with Gasteiger partial charge in [0.2, 0.25) is 0 Å². The van der Waals surface area contributed by atoms with E-state index in [1.54, 1.807) is 0 Å². The van der Waals surface area contributed by atoms with Gasteiger partial charge in [-0.05, 0) is 20.3 Å². The molecule has 0 radical (unpaired) electrons. The maximum Gasteiger partial charge on any atom is 0.309 e. The Morgan fingerprint density at radius 1 is 1.62 bits per heavy atom. The zero-order chi connectivity index (χ0) is 10.4. The molecule has 0 aromatic rings. The van der Waals surface area contributed by atoms with Gasteiger partial charge in [-0.25, -0.2) is 0 Å². The average Bonchev–Trinajstić information content (AvgIpc) is 2.12. The quantitative estimate of drug-likeness (QED) is 0.703. The molecule has 1 N–H and O–H groups in total. The third-order valence-corrected chi connectivity index (χ3v) is 1.92. The van der Waals surface area contributed by atoms with Gasteiger partial charge >= 0.3 is 5.97 Å². The smallest absolute Gasteiger partial charge is 0.309 e. The Labute approximate surface area is 78.1 Å². The average molecular weight is 185 g/mol. The first-order valence-corrected chi connectivity index (χ1v) is 4.30. The highest BCUT2D eigenvalue weighted by atomic mass is 16.5. The Kier molecular flexibility index (Phi) is 5.09. The van der Waals surface area contributed by atoms with E-state index in [0.29, 0.717) is 0 Å². The lowest BCUT2D eigenvalue weighted by Gasteiger charge is -2.18. The van der Waals surface area contributed by atoms with E-state index in [-0.39, 0.29) is 6.10 Å². The molecule has 4 heteroatoms. The molecular formula is C9H15NO3. The van der Waals surface area contributed by atoms with Gasteiger partial charge in [-0.15, -0.1) is 0 Å². The van der Waals surface area contributed by atoms with Crippen molar-refractivity contribution in [1.29, 1.82) is 5.26 Å². The van der Waals surface area contributed by atoms with Crippen molar-refractivity contribution in [2.24, 2.45) is 5.92 Å². The van der Waals surface area contributed by atoms with Crippen LogP contribution < -0.4 is 0 Å². The van der Waals surface area contributed by atoms with Crippen molar-refractivity contribution in [1.82, 2.24) is 0 Å². The van der Waals surface area contributed by atoms with Gasteiger partial charge in [-0.3, -0.25) is 4.79 Å². The Balaban J connectivity index is 4.20. The van der Waals surface area contributed by atoms with Gasteiger partial charge in [-0.2, -0.15) is 5.26 Å². The van der Waals surface area contributed by atoms with E-state index in [1.807, 2.05) is 19.9 Å². The van der Waals surface area contributed by atoms with Gasteiger partial charge in [0, 0.05) is 0 Å². The standard InChI is InChI=1S/C9H15NO3/c1-4-6(2)13-8(5-10)7(3)9(11)12/h6-8H,4H2,1-3H3,(H,11,12).